The summed E-state index contributed by atoms with van der Waals surface area (Å²) in [5, 5.41) is 16.5. The van der Waals surface area contributed by atoms with Crippen LogP contribution >= 0.6 is 0 Å². The van der Waals surface area contributed by atoms with Gasteiger partial charge >= 0.3 is 0 Å². The SMILES string of the molecule is N#Cc1ccc2c(c1)c1ccccc1n2-c1ccc(N(c2ccc(-n3c4ccc(-c5ccccc5)cc4c4cc(-c5ccccc5)ccc43)cc2)c2ccc3oc4ccccc4c3c2)cc1. The van der Waals surface area contributed by atoms with Crippen molar-refractivity contribution in [2.45, 2.75) is 0 Å². The van der Waals surface area contributed by atoms with Gasteiger partial charge in [0.25, 0.3) is 0 Å². The molecule has 0 radical (unpaired) electrons. The number of anilines is 3. The quantitative estimate of drug-likeness (QED) is 0.161. The van der Waals surface area contributed by atoms with Crippen molar-refractivity contribution < 1.29 is 4.42 Å². The average molecular weight is 843 g/mol. The van der Waals surface area contributed by atoms with E-state index in [9.17, 15) is 5.26 Å². The van der Waals surface area contributed by atoms with Crippen molar-refractivity contribution in [3.63, 3.8) is 0 Å². The largest absolute Gasteiger partial charge is 0.456 e. The van der Waals surface area contributed by atoms with Gasteiger partial charge in [0, 0.05) is 60.8 Å². The number of rotatable bonds is 7. The van der Waals surface area contributed by atoms with Crippen LogP contribution in [0.4, 0.5) is 17.1 Å². The second kappa shape index (κ2) is 15.0. The lowest BCUT2D eigenvalue weighted by Crippen LogP contribution is -2.10. The fourth-order valence-corrected chi connectivity index (χ4v) is 10.0. The number of hydrogen-bond donors (Lipinski definition) is 0. The van der Waals surface area contributed by atoms with E-state index in [1.807, 2.05) is 24.3 Å². The Balaban J connectivity index is 0.958. The third-order valence-corrected chi connectivity index (χ3v) is 13.1. The Kier molecular flexibility index (Phi) is 8.52. The van der Waals surface area contributed by atoms with E-state index in [1.165, 1.54) is 33.0 Å². The van der Waals surface area contributed by atoms with Gasteiger partial charge in [0.2, 0.25) is 0 Å². The van der Waals surface area contributed by atoms with E-state index in [2.05, 4.69) is 226 Å². The smallest absolute Gasteiger partial charge is 0.135 e. The lowest BCUT2D eigenvalue weighted by molar-refractivity contribution is 0.669. The lowest BCUT2D eigenvalue weighted by Gasteiger charge is -2.26. The molecule has 13 aromatic rings. The predicted octanol–water partition coefficient (Wildman–Crippen LogP) is 16.5. The molecule has 0 bridgehead atoms. The highest BCUT2D eigenvalue weighted by Gasteiger charge is 2.20. The molecular formula is C61H38N4O. The van der Waals surface area contributed by atoms with Crippen LogP contribution in [0.5, 0.6) is 0 Å². The molecule has 5 heteroatoms. The highest BCUT2D eigenvalue weighted by Crippen LogP contribution is 2.42. The highest BCUT2D eigenvalue weighted by molar-refractivity contribution is 6.12. The summed E-state index contributed by atoms with van der Waals surface area (Å²) in [4.78, 5) is 2.32. The van der Waals surface area contributed by atoms with E-state index >= 15 is 0 Å². The number of aromatic nitrogens is 2. The molecule has 0 fully saturated rings. The average Bonchev–Trinajstić information content (AvgIpc) is 4.04. The highest BCUT2D eigenvalue weighted by atomic mass is 16.3. The summed E-state index contributed by atoms with van der Waals surface area (Å²) < 4.78 is 11.0. The number of nitrogens with zero attached hydrogens (tertiary/aromatic N) is 4. The standard InChI is InChI=1S/C61H38N4O/c62-39-40-19-31-57-52(35-40)50-15-7-9-17-56(50)64(57)47-26-22-45(23-27-47)63(49-30-34-61-55(38-49)51-16-8-10-18-60(51)66-61)46-24-28-48(29-25-46)65-58-32-20-43(41-11-3-1-4-12-41)36-53(58)54-37-44(21-33-59(54)65)42-13-5-2-6-14-42/h1-38H. The fraction of sp³-hybridized carbons (Fsp3) is 0. The molecule has 5 nitrogen and oxygen atoms in total. The summed E-state index contributed by atoms with van der Waals surface area (Å²) in [6.07, 6.45) is 0. The van der Waals surface area contributed by atoms with Gasteiger partial charge in [-0.25, -0.2) is 0 Å². The van der Waals surface area contributed by atoms with Crippen LogP contribution in [0.1, 0.15) is 5.56 Å². The first kappa shape index (κ1) is 37.4. The van der Waals surface area contributed by atoms with Gasteiger partial charge in [0.1, 0.15) is 11.2 Å². The summed E-state index contributed by atoms with van der Waals surface area (Å²) in [5.74, 6) is 0. The minimum absolute atomic E-state index is 0.650. The summed E-state index contributed by atoms with van der Waals surface area (Å²) >= 11 is 0. The molecule has 10 aromatic carbocycles. The number of fused-ring (bicyclic) bond motifs is 9. The van der Waals surface area contributed by atoms with Crippen LogP contribution < -0.4 is 4.90 Å². The molecule has 308 valence electrons. The zero-order valence-electron chi connectivity index (χ0n) is 35.6. The molecule has 0 saturated heterocycles. The summed E-state index contributed by atoms with van der Waals surface area (Å²) in [7, 11) is 0. The Labute approximate surface area is 380 Å². The van der Waals surface area contributed by atoms with Gasteiger partial charge in [-0.15, -0.1) is 0 Å². The number of benzene rings is 10. The van der Waals surface area contributed by atoms with E-state index in [-0.39, 0.29) is 0 Å². The molecule has 0 aliphatic rings. The van der Waals surface area contributed by atoms with Crippen molar-refractivity contribution in [2.75, 3.05) is 4.90 Å². The Hall–Kier alpha value is -9.11. The lowest BCUT2D eigenvalue weighted by atomic mass is 10.0. The van der Waals surface area contributed by atoms with Crippen LogP contribution in [0.3, 0.4) is 0 Å². The molecule has 0 aliphatic carbocycles. The zero-order chi connectivity index (χ0) is 43.7. The van der Waals surface area contributed by atoms with Gasteiger partial charge in [-0.05, 0) is 144 Å². The second-order valence-electron chi connectivity index (χ2n) is 16.9. The Bertz CT molecular complexity index is 3940. The monoisotopic (exact) mass is 842 g/mol. The van der Waals surface area contributed by atoms with Crippen molar-refractivity contribution in [1.82, 2.24) is 9.13 Å². The molecule has 0 atom stereocenters. The van der Waals surface area contributed by atoms with Crippen LogP contribution in [0, 0.1) is 11.3 Å². The molecule has 3 heterocycles. The van der Waals surface area contributed by atoms with E-state index in [0.29, 0.717) is 5.56 Å². The topological polar surface area (TPSA) is 50.0 Å². The van der Waals surface area contributed by atoms with Gasteiger partial charge in [-0.2, -0.15) is 5.26 Å². The first-order valence-corrected chi connectivity index (χ1v) is 22.2. The molecule has 13 rings (SSSR count). The van der Waals surface area contributed by atoms with Crippen molar-refractivity contribution in [1.29, 1.82) is 5.26 Å². The van der Waals surface area contributed by atoms with Crippen molar-refractivity contribution in [3.8, 4) is 39.7 Å². The third kappa shape index (κ3) is 6.01. The Morgan fingerprint density at radius 2 is 0.803 bits per heavy atom. The number of hydrogen-bond acceptors (Lipinski definition) is 3. The number of para-hydroxylation sites is 2. The maximum absolute atomic E-state index is 9.73. The van der Waals surface area contributed by atoms with Crippen LogP contribution in [0.15, 0.2) is 235 Å². The first-order chi connectivity index (χ1) is 32.7. The van der Waals surface area contributed by atoms with Crippen LogP contribution in [0.25, 0.3) is 99.2 Å². The summed E-state index contributed by atoms with van der Waals surface area (Å²) in [6, 6.07) is 84.1. The number of furan rings is 1. The molecule has 0 aliphatic heterocycles. The summed E-state index contributed by atoms with van der Waals surface area (Å²) in [5.41, 5.74) is 16.8. The van der Waals surface area contributed by atoms with E-state index < -0.39 is 0 Å². The van der Waals surface area contributed by atoms with E-state index in [4.69, 9.17) is 4.42 Å². The third-order valence-electron chi connectivity index (χ3n) is 13.1. The van der Waals surface area contributed by atoms with Crippen LogP contribution in [-0.2, 0) is 0 Å². The van der Waals surface area contributed by atoms with Crippen molar-refractivity contribution >= 4 is 82.6 Å². The van der Waals surface area contributed by atoms with Crippen molar-refractivity contribution in [3.05, 3.63) is 236 Å². The number of nitriles is 1. The molecule has 0 saturated carbocycles. The first-order valence-electron chi connectivity index (χ1n) is 22.2. The van der Waals surface area contributed by atoms with Crippen molar-refractivity contribution in [2.24, 2.45) is 0 Å². The molecule has 0 unspecified atom stereocenters. The van der Waals surface area contributed by atoms with Gasteiger partial charge in [0.15, 0.2) is 0 Å². The summed E-state index contributed by atoms with van der Waals surface area (Å²) in [6.45, 7) is 0. The second-order valence-corrected chi connectivity index (χ2v) is 16.9. The maximum Gasteiger partial charge on any atom is 0.135 e. The zero-order valence-corrected chi connectivity index (χ0v) is 35.6. The maximum atomic E-state index is 9.73. The normalized spacial score (nSPS) is 11.6. The Morgan fingerprint density at radius 1 is 0.333 bits per heavy atom. The Morgan fingerprint density at radius 3 is 1.39 bits per heavy atom. The molecule has 3 aromatic heterocycles. The van der Waals surface area contributed by atoms with Gasteiger partial charge < -0.3 is 18.5 Å². The molecule has 66 heavy (non-hydrogen) atoms. The van der Waals surface area contributed by atoms with Gasteiger partial charge in [-0.3, -0.25) is 0 Å². The molecular weight excluding hydrogens is 805 g/mol. The van der Waals surface area contributed by atoms with E-state index in [1.54, 1.807) is 0 Å². The van der Waals surface area contributed by atoms with Crippen LogP contribution in [-0.4, -0.2) is 9.13 Å². The minimum atomic E-state index is 0.650. The predicted molar refractivity (Wildman–Crippen MR) is 273 cm³/mol. The molecule has 0 amide bonds. The fourth-order valence-electron chi connectivity index (χ4n) is 10.0. The minimum Gasteiger partial charge on any atom is -0.456 e. The van der Waals surface area contributed by atoms with Gasteiger partial charge in [-0.1, -0.05) is 109 Å². The molecule has 0 N–H and O–H groups in total. The van der Waals surface area contributed by atoms with E-state index in [0.717, 1.165) is 83.2 Å². The van der Waals surface area contributed by atoms with Gasteiger partial charge in [0.05, 0.1) is 33.7 Å². The molecule has 0 spiro atoms. The van der Waals surface area contributed by atoms with Crippen LogP contribution in [0.2, 0.25) is 0 Å².